The maximum Gasteiger partial charge on any atom is 0.271 e. The first-order chi connectivity index (χ1) is 22.8. The quantitative estimate of drug-likeness (QED) is 0.304. The summed E-state index contributed by atoms with van der Waals surface area (Å²) in [5.41, 5.74) is 0.318. The monoisotopic (exact) mass is 723 g/mol. The molecule has 15 heteroatoms. The van der Waals surface area contributed by atoms with Gasteiger partial charge in [-0.25, -0.2) is 16.8 Å². The number of likely N-dealkylation sites (N-methyl/N-ethyl adjacent to an activating group) is 1. The summed E-state index contributed by atoms with van der Waals surface area (Å²) >= 11 is 1.08. The molecular weight excluding hydrogens is 679 g/mol. The van der Waals surface area contributed by atoms with E-state index in [0.717, 1.165) is 17.8 Å². The van der Waals surface area contributed by atoms with Crippen molar-refractivity contribution in [3.05, 3.63) is 65.5 Å². The molecule has 0 saturated carbocycles. The summed E-state index contributed by atoms with van der Waals surface area (Å²) in [5, 5.41) is 11.9. The number of methoxy groups -OCH3 is 1. The van der Waals surface area contributed by atoms with Gasteiger partial charge >= 0.3 is 0 Å². The Morgan fingerprint density at radius 1 is 1.10 bits per heavy atom. The van der Waals surface area contributed by atoms with Crippen LogP contribution in [0.15, 0.2) is 69.1 Å². The lowest BCUT2D eigenvalue weighted by Gasteiger charge is -2.35. The molecule has 0 aliphatic carbocycles. The number of carbonyl (C=O) groups excluding carboxylic acids is 1. The van der Waals surface area contributed by atoms with Gasteiger partial charge in [-0.2, -0.15) is 4.31 Å². The molecule has 0 radical (unpaired) electrons. The Hall–Kier alpha value is -3.21. The molecule has 1 aliphatic heterocycles. The van der Waals surface area contributed by atoms with Crippen LogP contribution in [0.3, 0.4) is 0 Å². The average molecular weight is 724 g/mol. The van der Waals surface area contributed by atoms with Gasteiger partial charge in [-0.05, 0) is 87.0 Å². The van der Waals surface area contributed by atoms with Gasteiger partial charge in [-0.1, -0.05) is 13.0 Å². The van der Waals surface area contributed by atoms with Gasteiger partial charge in [0.15, 0.2) is 0 Å². The third-order valence-corrected chi connectivity index (χ3v) is 12.9. The van der Waals surface area contributed by atoms with Crippen molar-refractivity contribution in [3.63, 3.8) is 0 Å². The van der Waals surface area contributed by atoms with Crippen LogP contribution in [0.1, 0.15) is 50.4 Å². The Balaban J connectivity index is 1.66. The molecule has 0 unspecified atom stereocenters. The number of rotatable bonds is 10. The first kappa shape index (κ1) is 37.6. The zero-order valence-corrected chi connectivity index (χ0v) is 30.3. The largest absolute Gasteiger partial charge is 0.497 e. The van der Waals surface area contributed by atoms with Gasteiger partial charge in [0.1, 0.15) is 15.7 Å². The van der Waals surface area contributed by atoms with Crippen LogP contribution >= 0.6 is 11.3 Å². The standard InChI is InChI=1S/C33H45N3O9S3/c1-23-20-36(24(2)22-37)33(38)29-19-26(34-47(39,40)32-10-8-18-46-32)11-16-30(29)45-25(3)9-6-7-17-44-31(23)21-35(4)48(41,42)28-14-12-27(43-5)13-15-28/h8,10-16,18-19,23-25,31,34,37H,6-7,9,17,20-22H2,1-5H3/t23-,24-,25+,31+/m1/s1. The number of nitrogens with one attached hydrogen (secondary N) is 1. The number of aliphatic hydroxyl groups is 1. The molecule has 2 N–H and O–H groups in total. The number of fused-ring (bicyclic) bond motifs is 1. The summed E-state index contributed by atoms with van der Waals surface area (Å²) in [7, 11) is -4.76. The number of carbonyl (C=O) groups is 1. The molecule has 3 aromatic rings. The highest BCUT2D eigenvalue weighted by Gasteiger charge is 2.32. The molecule has 12 nitrogen and oxygen atoms in total. The van der Waals surface area contributed by atoms with Crippen LogP contribution in [0.2, 0.25) is 0 Å². The SMILES string of the molecule is COc1ccc(S(=O)(=O)N(C)C[C@@H]2OCCCC[C@H](C)Oc3ccc(NS(=O)(=O)c4cccs4)cc3C(=O)N([C@H](C)CO)C[C@H]2C)cc1. The van der Waals surface area contributed by atoms with E-state index in [1.165, 1.54) is 47.6 Å². The van der Waals surface area contributed by atoms with Crippen LogP contribution < -0.4 is 14.2 Å². The van der Waals surface area contributed by atoms with Crippen LogP contribution in [0.4, 0.5) is 5.69 Å². The highest BCUT2D eigenvalue weighted by atomic mass is 32.2. The van der Waals surface area contributed by atoms with E-state index in [2.05, 4.69) is 4.72 Å². The molecule has 0 fully saturated rings. The fourth-order valence-corrected chi connectivity index (χ4v) is 8.58. The van der Waals surface area contributed by atoms with Gasteiger partial charge in [-0.15, -0.1) is 11.3 Å². The molecular formula is C33H45N3O9S3. The maximum absolute atomic E-state index is 14.3. The third kappa shape index (κ3) is 9.27. The van der Waals surface area contributed by atoms with E-state index in [0.29, 0.717) is 30.9 Å². The minimum absolute atomic E-state index is 0.0236. The molecule has 48 heavy (non-hydrogen) atoms. The fourth-order valence-electron chi connectivity index (χ4n) is 5.35. The fraction of sp³-hybridized carbons (Fsp3) is 0.485. The Morgan fingerprint density at radius 2 is 1.83 bits per heavy atom. The van der Waals surface area contributed by atoms with Crippen molar-refractivity contribution in [2.24, 2.45) is 5.92 Å². The summed E-state index contributed by atoms with van der Waals surface area (Å²) in [5.74, 6) is -0.0128. The van der Waals surface area contributed by atoms with Crippen molar-refractivity contribution in [2.45, 2.75) is 67.4 Å². The van der Waals surface area contributed by atoms with E-state index < -0.39 is 38.1 Å². The van der Waals surface area contributed by atoms with E-state index in [9.17, 15) is 26.7 Å². The van der Waals surface area contributed by atoms with Crippen LogP contribution in [0.25, 0.3) is 0 Å². The van der Waals surface area contributed by atoms with Crippen LogP contribution in [-0.4, -0.2) is 95.8 Å². The van der Waals surface area contributed by atoms with Gasteiger partial charge < -0.3 is 24.2 Å². The summed E-state index contributed by atoms with van der Waals surface area (Å²) < 4.78 is 74.6. The molecule has 0 bridgehead atoms. The zero-order valence-electron chi connectivity index (χ0n) is 27.9. The van der Waals surface area contributed by atoms with Crippen LogP contribution in [-0.2, 0) is 24.8 Å². The van der Waals surface area contributed by atoms with Crippen molar-refractivity contribution in [2.75, 3.05) is 45.2 Å². The number of hydrogen-bond donors (Lipinski definition) is 2. The normalized spacial score (nSPS) is 20.8. The Morgan fingerprint density at radius 3 is 2.48 bits per heavy atom. The molecule has 2 heterocycles. The van der Waals surface area contributed by atoms with Gasteiger partial charge in [0.25, 0.3) is 15.9 Å². The molecule has 4 rings (SSSR count). The molecule has 1 amide bonds. The minimum Gasteiger partial charge on any atom is -0.497 e. The van der Waals surface area contributed by atoms with Gasteiger partial charge in [-0.3, -0.25) is 9.52 Å². The van der Waals surface area contributed by atoms with E-state index in [1.54, 1.807) is 42.6 Å². The van der Waals surface area contributed by atoms with E-state index in [-0.39, 0.29) is 52.1 Å². The smallest absolute Gasteiger partial charge is 0.271 e. The third-order valence-electron chi connectivity index (χ3n) is 8.27. The molecule has 0 spiro atoms. The molecule has 1 aromatic heterocycles. The number of sulfonamides is 2. The Kier molecular flexibility index (Phi) is 12.9. The van der Waals surface area contributed by atoms with Crippen LogP contribution in [0.5, 0.6) is 11.5 Å². The first-order valence-corrected chi connectivity index (χ1v) is 19.6. The second-order valence-electron chi connectivity index (χ2n) is 12.0. The van der Waals surface area contributed by atoms with Crippen LogP contribution in [0, 0.1) is 5.92 Å². The van der Waals surface area contributed by atoms with Gasteiger partial charge in [0, 0.05) is 38.3 Å². The van der Waals surface area contributed by atoms with Crippen molar-refractivity contribution < 1.29 is 40.9 Å². The summed E-state index contributed by atoms with van der Waals surface area (Å²) in [6, 6.07) is 13.2. The topological polar surface area (TPSA) is 152 Å². The van der Waals surface area contributed by atoms with Gasteiger partial charge in [0.2, 0.25) is 10.0 Å². The second-order valence-corrected chi connectivity index (χ2v) is 16.9. The summed E-state index contributed by atoms with van der Waals surface area (Å²) in [6.45, 7) is 5.65. The molecule has 264 valence electrons. The molecule has 4 atom stereocenters. The van der Waals surface area contributed by atoms with Crippen molar-refractivity contribution in [1.82, 2.24) is 9.21 Å². The van der Waals surface area contributed by atoms with Crippen molar-refractivity contribution in [1.29, 1.82) is 0 Å². The number of thiophene rings is 1. The predicted molar refractivity (Wildman–Crippen MR) is 185 cm³/mol. The minimum atomic E-state index is -3.89. The lowest BCUT2D eigenvalue weighted by atomic mass is 10.0. The molecule has 1 aliphatic rings. The number of benzene rings is 2. The molecule has 0 saturated heterocycles. The lowest BCUT2D eigenvalue weighted by Crippen LogP contribution is -2.48. The number of anilines is 1. The highest BCUT2D eigenvalue weighted by molar-refractivity contribution is 7.94. The van der Waals surface area contributed by atoms with E-state index in [4.69, 9.17) is 14.2 Å². The number of nitrogens with zero attached hydrogens (tertiary/aromatic N) is 2. The number of aliphatic hydroxyl groups excluding tert-OH is 1. The van der Waals surface area contributed by atoms with Gasteiger partial charge in [0.05, 0.1) is 42.4 Å². The van der Waals surface area contributed by atoms with Crippen molar-refractivity contribution in [3.8, 4) is 11.5 Å². The maximum atomic E-state index is 14.3. The first-order valence-electron chi connectivity index (χ1n) is 15.8. The lowest BCUT2D eigenvalue weighted by molar-refractivity contribution is -0.00833. The highest BCUT2D eigenvalue weighted by Crippen LogP contribution is 2.30. The summed E-state index contributed by atoms with van der Waals surface area (Å²) in [4.78, 5) is 15.9. The van der Waals surface area contributed by atoms with Crippen molar-refractivity contribution >= 4 is 43.0 Å². The summed E-state index contributed by atoms with van der Waals surface area (Å²) in [6.07, 6.45) is 1.26. The Labute approximate surface area is 287 Å². The number of hydrogen-bond acceptors (Lipinski definition) is 10. The molecule has 2 aromatic carbocycles. The zero-order chi connectivity index (χ0) is 35.1. The number of ether oxygens (including phenoxy) is 3. The number of amides is 1. The Bertz CT molecular complexity index is 1720. The predicted octanol–water partition coefficient (Wildman–Crippen LogP) is 4.67. The van der Waals surface area contributed by atoms with E-state index >= 15 is 0 Å². The second kappa shape index (κ2) is 16.5. The van der Waals surface area contributed by atoms with E-state index in [1.807, 2.05) is 13.8 Å². The average Bonchev–Trinajstić information content (AvgIpc) is 3.62.